The Morgan fingerprint density at radius 2 is 1.69 bits per heavy atom. The van der Waals surface area contributed by atoms with E-state index >= 15 is 0 Å². The van der Waals surface area contributed by atoms with E-state index in [1.54, 1.807) is 0 Å². The number of nitrogens with two attached hydrogens (primary N) is 1. The maximum Gasteiger partial charge on any atom is 0.146 e. The van der Waals surface area contributed by atoms with Crippen LogP contribution in [0.25, 0.3) is 0 Å². The summed E-state index contributed by atoms with van der Waals surface area (Å²) in [6, 6.07) is 13.6. The molecule has 0 spiro atoms. The van der Waals surface area contributed by atoms with Crippen LogP contribution in [-0.4, -0.2) is 6.61 Å². The first kappa shape index (κ1) is 20.0. The van der Waals surface area contributed by atoms with Gasteiger partial charge in [-0.15, -0.1) is 10.2 Å². The molecule has 0 aliphatic carbocycles. The maximum atomic E-state index is 5.99. The molecule has 0 atom stereocenters. The highest BCUT2D eigenvalue weighted by atomic mass is 16.5. The molecule has 0 fully saturated rings. The van der Waals surface area contributed by atoms with Gasteiger partial charge >= 0.3 is 0 Å². The van der Waals surface area contributed by atoms with Gasteiger partial charge in [0.15, 0.2) is 0 Å². The number of anilines is 1. The van der Waals surface area contributed by atoms with Crippen molar-refractivity contribution in [2.24, 2.45) is 16.1 Å². The van der Waals surface area contributed by atoms with Crippen LogP contribution in [0.2, 0.25) is 0 Å². The van der Waals surface area contributed by atoms with Gasteiger partial charge in [0.05, 0.1) is 12.3 Å². The average Bonchev–Trinajstić information content (AvgIpc) is 2.57. The fourth-order valence-electron chi connectivity index (χ4n) is 2.54. The summed E-state index contributed by atoms with van der Waals surface area (Å²) in [5, 5.41) is 8.78. The highest BCUT2D eigenvalue weighted by Gasteiger charge is 2.16. The van der Waals surface area contributed by atoms with Gasteiger partial charge in [-0.25, -0.2) is 0 Å². The van der Waals surface area contributed by atoms with E-state index in [0.717, 1.165) is 24.3 Å². The zero-order valence-corrected chi connectivity index (χ0v) is 16.6. The number of azo groups is 1. The van der Waals surface area contributed by atoms with Gasteiger partial charge in [0.1, 0.15) is 17.1 Å². The van der Waals surface area contributed by atoms with Crippen molar-refractivity contribution in [2.45, 2.75) is 52.9 Å². The van der Waals surface area contributed by atoms with Crippen LogP contribution in [-0.2, 0) is 5.41 Å². The van der Waals surface area contributed by atoms with Gasteiger partial charge in [-0.3, -0.25) is 0 Å². The van der Waals surface area contributed by atoms with Crippen LogP contribution in [0.5, 0.6) is 5.75 Å². The van der Waals surface area contributed by atoms with E-state index in [0.29, 0.717) is 23.9 Å². The molecule has 0 saturated carbocycles. The van der Waals surface area contributed by atoms with Crippen LogP contribution in [0.15, 0.2) is 52.7 Å². The molecule has 26 heavy (non-hydrogen) atoms. The topological polar surface area (TPSA) is 60.0 Å². The highest BCUT2D eigenvalue weighted by molar-refractivity contribution is 5.62. The molecule has 0 radical (unpaired) electrons. The second kappa shape index (κ2) is 8.84. The van der Waals surface area contributed by atoms with E-state index < -0.39 is 0 Å². The lowest BCUT2D eigenvalue weighted by molar-refractivity contribution is 0.298. The summed E-state index contributed by atoms with van der Waals surface area (Å²) in [4.78, 5) is 0. The summed E-state index contributed by atoms with van der Waals surface area (Å²) in [5.74, 6) is 1.45. The summed E-state index contributed by atoms with van der Waals surface area (Å²) in [6.45, 7) is 11.7. The molecule has 0 aliphatic rings. The van der Waals surface area contributed by atoms with E-state index in [2.05, 4.69) is 57.0 Å². The highest BCUT2D eigenvalue weighted by Crippen LogP contribution is 2.35. The van der Waals surface area contributed by atoms with E-state index in [-0.39, 0.29) is 5.41 Å². The molecular weight excluding hydrogens is 322 g/mol. The smallest absolute Gasteiger partial charge is 0.146 e. The zero-order chi connectivity index (χ0) is 19.2. The fraction of sp³-hybridized carbons (Fsp3) is 0.455. The molecule has 4 heteroatoms. The predicted molar refractivity (Wildman–Crippen MR) is 110 cm³/mol. The van der Waals surface area contributed by atoms with Gasteiger partial charge < -0.3 is 10.5 Å². The Hall–Kier alpha value is -2.36. The first-order valence-electron chi connectivity index (χ1n) is 9.31. The molecule has 4 nitrogen and oxygen atoms in total. The number of hydrogen-bond donors (Lipinski definition) is 1. The Kier molecular flexibility index (Phi) is 6.78. The van der Waals surface area contributed by atoms with Gasteiger partial charge in [-0.05, 0) is 54.0 Å². The molecule has 0 bridgehead atoms. The lowest BCUT2D eigenvalue weighted by Crippen LogP contribution is -2.10. The van der Waals surface area contributed by atoms with Crippen LogP contribution in [0, 0.1) is 5.92 Å². The Morgan fingerprint density at radius 3 is 2.35 bits per heavy atom. The van der Waals surface area contributed by atoms with Gasteiger partial charge in [0, 0.05) is 0 Å². The van der Waals surface area contributed by atoms with Crippen LogP contribution in [0.4, 0.5) is 17.1 Å². The van der Waals surface area contributed by atoms with Crippen molar-refractivity contribution in [2.75, 3.05) is 12.3 Å². The second-order valence-corrected chi connectivity index (χ2v) is 8.08. The molecule has 0 amide bonds. The summed E-state index contributed by atoms with van der Waals surface area (Å²) in [5.41, 5.74) is 9.21. The lowest BCUT2D eigenvalue weighted by Gasteiger charge is -2.20. The van der Waals surface area contributed by atoms with Crippen molar-refractivity contribution in [3.05, 3.63) is 48.0 Å². The third-order valence-electron chi connectivity index (χ3n) is 4.21. The number of rotatable bonds is 7. The number of nitrogen functional groups attached to an aromatic ring is 1. The first-order valence-corrected chi connectivity index (χ1v) is 9.31. The van der Waals surface area contributed by atoms with Crippen LogP contribution in [0.3, 0.4) is 0 Å². The van der Waals surface area contributed by atoms with Crippen molar-refractivity contribution < 1.29 is 4.74 Å². The SMILES string of the molecule is CC(C)CCCOc1ccc(C(C)(C)C)cc1N=Nc1ccccc1N. The molecule has 2 aromatic rings. The minimum absolute atomic E-state index is 0.0339. The molecule has 2 rings (SSSR count). The predicted octanol–water partition coefficient (Wildman–Crippen LogP) is 6.80. The van der Waals surface area contributed by atoms with E-state index in [4.69, 9.17) is 10.5 Å². The summed E-state index contributed by atoms with van der Waals surface area (Å²) in [7, 11) is 0. The Bertz CT molecular complexity index is 745. The molecule has 0 aliphatic heterocycles. The number of benzene rings is 2. The Labute approximate surface area is 157 Å². The van der Waals surface area contributed by atoms with Crippen molar-refractivity contribution in [3.63, 3.8) is 0 Å². The molecule has 2 N–H and O–H groups in total. The standard InChI is InChI=1S/C22H31N3O/c1-16(2)9-8-14-26-21-13-12-17(22(3,4)5)15-20(21)25-24-19-11-7-6-10-18(19)23/h6-7,10-13,15-16H,8-9,14,23H2,1-5H3. The minimum atomic E-state index is 0.0339. The third-order valence-corrected chi connectivity index (χ3v) is 4.21. The molecule has 0 unspecified atom stereocenters. The Morgan fingerprint density at radius 1 is 1.00 bits per heavy atom. The summed E-state index contributed by atoms with van der Waals surface area (Å²) in [6.07, 6.45) is 2.18. The zero-order valence-electron chi connectivity index (χ0n) is 16.6. The van der Waals surface area contributed by atoms with Crippen LogP contribution < -0.4 is 10.5 Å². The van der Waals surface area contributed by atoms with Crippen molar-refractivity contribution in [1.82, 2.24) is 0 Å². The van der Waals surface area contributed by atoms with Crippen LogP contribution in [0.1, 0.15) is 53.0 Å². The number of ether oxygens (including phenoxy) is 1. The van der Waals surface area contributed by atoms with Gasteiger partial charge in [0.2, 0.25) is 0 Å². The summed E-state index contributed by atoms with van der Waals surface area (Å²) >= 11 is 0. The normalized spacial score (nSPS) is 12.1. The molecule has 140 valence electrons. The number of para-hydroxylation sites is 1. The first-order chi connectivity index (χ1) is 12.3. The molecular formula is C22H31N3O. The third kappa shape index (κ3) is 5.87. The molecule has 0 saturated heterocycles. The van der Waals surface area contributed by atoms with E-state index in [1.807, 2.05) is 30.3 Å². The van der Waals surface area contributed by atoms with Crippen molar-refractivity contribution in [1.29, 1.82) is 0 Å². The monoisotopic (exact) mass is 353 g/mol. The van der Waals surface area contributed by atoms with Gasteiger partial charge in [-0.1, -0.05) is 52.8 Å². The molecule has 0 heterocycles. The fourth-order valence-corrected chi connectivity index (χ4v) is 2.54. The lowest BCUT2D eigenvalue weighted by atomic mass is 9.87. The summed E-state index contributed by atoms with van der Waals surface area (Å²) < 4.78 is 5.99. The Balaban J connectivity index is 2.25. The second-order valence-electron chi connectivity index (χ2n) is 8.08. The van der Waals surface area contributed by atoms with E-state index in [9.17, 15) is 0 Å². The molecule has 2 aromatic carbocycles. The maximum absolute atomic E-state index is 5.99. The largest absolute Gasteiger partial charge is 0.491 e. The van der Waals surface area contributed by atoms with Gasteiger partial charge in [-0.2, -0.15) is 0 Å². The number of nitrogens with zero attached hydrogens (tertiary/aromatic N) is 2. The minimum Gasteiger partial charge on any atom is -0.491 e. The molecule has 0 aromatic heterocycles. The van der Waals surface area contributed by atoms with E-state index in [1.165, 1.54) is 5.56 Å². The van der Waals surface area contributed by atoms with Crippen molar-refractivity contribution >= 4 is 17.1 Å². The van der Waals surface area contributed by atoms with Crippen LogP contribution >= 0.6 is 0 Å². The number of hydrogen-bond acceptors (Lipinski definition) is 4. The quantitative estimate of drug-likeness (QED) is 0.338. The van der Waals surface area contributed by atoms with Gasteiger partial charge in [0.25, 0.3) is 0 Å². The average molecular weight is 354 g/mol. The van der Waals surface area contributed by atoms with Crippen molar-refractivity contribution in [3.8, 4) is 5.75 Å².